The van der Waals surface area contributed by atoms with E-state index < -0.39 is 0 Å². The molecule has 0 radical (unpaired) electrons. The lowest BCUT2D eigenvalue weighted by atomic mass is 10.1. The minimum atomic E-state index is 0.0719. The average Bonchev–Trinajstić information content (AvgIpc) is 3.36. The molecule has 4 nitrogen and oxygen atoms in total. The highest BCUT2D eigenvalue weighted by Crippen LogP contribution is 2.39. The van der Waals surface area contributed by atoms with Crippen molar-refractivity contribution >= 4 is 11.6 Å². The number of anilines is 1. The van der Waals surface area contributed by atoms with E-state index in [2.05, 4.69) is 17.1 Å². The Kier molecular flexibility index (Phi) is 4.15. The number of hydrogen-bond acceptors (Lipinski definition) is 3. The van der Waals surface area contributed by atoms with Gasteiger partial charge in [-0.15, -0.1) is 0 Å². The van der Waals surface area contributed by atoms with Crippen molar-refractivity contribution in [1.29, 1.82) is 0 Å². The van der Waals surface area contributed by atoms with Crippen LogP contribution in [-0.4, -0.2) is 36.5 Å². The molecular formula is C17H24N2O2. The number of amides is 1. The first-order valence-electron chi connectivity index (χ1n) is 7.87. The van der Waals surface area contributed by atoms with E-state index in [1.54, 1.807) is 7.11 Å². The van der Waals surface area contributed by atoms with Gasteiger partial charge in [0.15, 0.2) is 0 Å². The fraction of sp³-hybridized carbons (Fsp3) is 0.588. The van der Waals surface area contributed by atoms with E-state index >= 15 is 0 Å². The molecule has 0 bridgehead atoms. The molecule has 2 saturated carbocycles. The number of hydrogen-bond donors (Lipinski definition) is 1. The van der Waals surface area contributed by atoms with Gasteiger partial charge in [0.1, 0.15) is 5.75 Å². The van der Waals surface area contributed by atoms with Gasteiger partial charge in [-0.25, -0.2) is 0 Å². The van der Waals surface area contributed by atoms with Gasteiger partial charge < -0.3 is 10.1 Å². The minimum absolute atomic E-state index is 0.0719. The Morgan fingerprint density at radius 1 is 1.38 bits per heavy atom. The number of rotatable bonds is 7. The lowest BCUT2D eigenvalue weighted by Crippen LogP contribution is -2.42. The minimum Gasteiger partial charge on any atom is -0.497 e. The van der Waals surface area contributed by atoms with E-state index in [1.165, 1.54) is 25.7 Å². The Bertz CT molecular complexity index is 509. The van der Waals surface area contributed by atoms with Crippen molar-refractivity contribution in [2.75, 3.05) is 19.0 Å². The van der Waals surface area contributed by atoms with Gasteiger partial charge in [-0.1, -0.05) is 6.07 Å². The number of carbonyl (C=O) groups is 1. The zero-order chi connectivity index (χ0) is 14.8. The van der Waals surface area contributed by atoms with Crippen molar-refractivity contribution in [2.24, 2.45) is 5.92 Å². The van der Waals surface area contributed by atoms with Gasteiger partial charge >= 0.3 is 0 Å². The Morgan fingerprint density at radius 3 is 2.76 bits per heavy atom. The van der Waals surface area contributed by atoms with E-state index in [0.717, 1.165) is 17.4 Å². The summed E-state index contributed by atoms with van der Waals surface area (Å²) in [4.78, 5) is 14.7. The summed E-state index contributed by atoms with van der Waals surface area (Å²) in [5.41, 5.74) is 0.800. The van der Waals surface area contributed by atoms with Crippen LogP contribution < -0.4 is 10.1 Å². The number of carbonyl (C=O) groups excluding carboxylic acids is 1. The molecule has 1 aromatic carbocycles. The first-order chi connectivity index (χ1) is 10.2. The second-order valence-electron chi connectivity index (χ2n) is 6.26. The van der Waals surface area contributed by atoms with E-state index in [0.29, 0.717) is 18.6 Å². The molecule has 1 atom stereocenters. The van der Waals surface area contributed by atoms with Crippen molar-refractivity contribution in [2.45, 2.75) is 44.7 Å². The third-order valence-electron chi connectivity index (χ3n) is 4.52. The predicted molar refractivity (Wildman–Crippen MR) is 83.5 cm³/mol. The standard InChI is InChI=1S/C17H24N2O2/c1-12(13-6-7-13)19(15-8-9-15)11-17(20)18-14-4-3-5-16(10-14)21-2/h3-5,10,12-13,15H,6-9,11H2,1-2H3,(H,18,20). The first kappa shape index (κ1) is 14.4. The molecule has 1 aromatic rings. The van der Waals surface area contributed by atoms with Crippen LogP contribution in [0, 0.1) is 5.92 Å². The molecule has 0 spiro atoms. The Morgan fingerprint density at radius 2 is 2.14 bits per heavy atom. The topological polar surface area (TPSA) is 41.6 Å². The van der Waals surface area contributed by atoms with Crippen LogP contribution in [0.25, 0.3) is 0 Å². The molecule has 0 aromatic heterocycles. The van der Waals surface area contributed by atoms with Crippen LogP contribution in [0.4, 0.5) is 5.69 Å². The molecule has 4 heteroatoms. The molecule has 0 aliphatic heterocycles. The molecule has 2 aliphatic rings. The lowest BCUT2D eigenvalue weighted by Gasteiger charge is -2.28. The van der Waals surface area contributed by atoms with Gasteiger partial charge in [0.05, 0.1) is 13.7 Å². The molecule has 1 N–H and O–H groups in total. The molecule has 3 rings (SSSR count). The third kappa shape index (κ3) is 3.76. The van der Waals surface area contributed by atoms with E-state index in [4.69, 9.17) is 4.74 Å². The summed E-state index contributed by atoms with van der Waals surface area (Å²) in [6.07, 6.45) is 5.12. The SMILES string of the molecule is COc1cccc(NC(=O)CN(C2CC2)C(C)C2CC2)c1. The van der Waals surface area contributed by atoms with Gasteiger partial charge in [0.25, 0.3) is 0 Å². The lowest BCUT2D eigenvalue weighted by molar-refractivity contribution is -0.118. The molecule has 1 amide bonds. The largest absolute Gasteiger partial charge is 0.497 e. The van der Waals surface area contributed by atoms with Crippen LogP contribution >= 0.6 is 0 Å². The molecule has 1 unspecified atom stereocenters. The van der Waals surface area contributed by atoms with E-state index in [-0.39, 0.29) is 5.91 Å². The summed E-state index contributed by atoms with van der Waals surface area (Å²) >= 11 is 0. The summed E-state index contributed by atoms with van der Waals surface area (Å²) in [5, 5.41) is 2.98. The molecule has 0 heterocycles. The summed E-state index contributed by atoms with van der Waals surface area (Å²) < 4.78 is 5.18. The maximum absolute atomic E-state index is 12.3. The number of benzene rings is 1. The molecule has 0 saturated heterocycles. The van der Waals surface area contributed by atoms with Gasteiger partial charge in [-0.2, -0.15) is 0 Å². The second-order valence-corrected chi connectivity index (χ2v) is 6.26. The maximum Gasteiger partial charge on any atom is 0.238 e. The molecular weight excluding hydrogens is 264 g/mol. The number of nitrogens with zero attached hydrogens (tertiary/aromatic N) is 1. The molecule has 2 aliphatic carbocycles. The smallest absolute Gasteiger partial charge is 0.238 e. The summed E-state index contributed by atoms with van der Waals surface area (Å²) in [6.45, 7) is 2.77. The Hall–Kier alpha value is -1.55. The van der Waals surface area contributed by atoms with E-state index in [1.807, 2.05) is 24.3 Å². The van der Waals surface area contributed by atoms with E-state index in [9.17, 15) is 4.79 Å². The maximum atomic E-state index is 12.3. The van der Waals surface area contributed by atoms with Crippen LogP contribution in [0.3, 0.4) is 0 Å². The normalized spacial score (nSPS) is 19.4. The van der Waals surface area contributed by atoms with Gasteiger partial charge in [0, 0.05) is 23.8 Å². The van der Waals surface area contributed by atoms with Crippen molar-refractivity contribution in [3.8, 4) is 5.75 Å². The fourth-order valence-corrected chi connectivity index (χ4v) is 2.93. The Balaban J connectivity index is 1.58. The quantitative estimate of drug-likeness (QED) is 0.839. The van der Waals surface area contributed by atoms with Crippen LogP contribution in [0.5, 0.6) is 5.75 Å². The van der Waals surface area contributed by atoms with Crippen LogP contribution in [0.1, 0.15) is 32.6 Å². The van der Waals surface area contributed by atoms with Crippen molar-refractivity contribution < 1.29 is 9.53 Å². The summed E-state index contributed by atoms with van der Waals surface area (Å²) in [7, 11) is 1.63. The first-order valence-corrected chi connectivity index (χ1v) is 7.87. The van der Waals surface area contributed by atoms with Crippen molar-refractivity contribution in [1.82, 2.24) is 4.90 Å². The highest BCUT2D eigenvalue weighted by molar-refractivity contribution is 5.92. The van der Waals surface area contributed by atoms with Crippen LogP contribution in [0.15, 0.2) is 24.3 Å². The van der Waals surface area contributed by atoms with Crippen LogP contribution in [0.2, 0.25) is 0 Å². The van der Waals surface area contributed by atoms with Crippen LogP contribution in [-0.2, 0) is 4.79 Å². The number of ether oxygens (including phenoxy) is 1. The third-order valence-corrected chi connectivity index (χ3v) is 4.52. The fourth-order valence-electron chi connectivity index (χ4n) is 2.93. The van der Waals surface area contributed by atoms with Crippen molar-refractivity contribution in [3.05, 3.63) is 24.3 Å². The van der Waals surface area contributed by atoms with Gasteiger partial charge in [-0.05, 0) is 50.7 Å². The monoisotopic (exact) mass is 288 g/mol. The van der Waals surface area contributed by atoms with Gasteiger partial charge in [0.2, 0.25) is 5.91 Å². The van der Waals surface area contributed by atoms with Gasteiger partial charge in [-0.3, -0.25) is 9.69 Å². The number of methoxy groups -OCH3 is 1. The molecule has 114 valence electrons. The summed E-state index contributed by atoms with van der Waals surface area (Å²) in [6, 6.07) is 8.67. The highest BCUT2D eigenvalue weighted by Gasteiger charge is 2.39. The highest BCUT2D eigenvalue weighted by atomic mass is 16.5. The average molecular weight is 288 g/mol. The second kappa shape index (κ2) is 6.06. The molecule has 2 fully saturated rings. The Labute approximate surface area is 126 Å². The molecule has 21 heavy (non-hydrogen) atoms. The van der Waals surface area contributed by atoms with Crippen molar-refractivity contribution in [3.63, 3.8) is 0 Å². The zero-order valence-corrected chi connectivity index (χ0v) is 12.8. The predicted octanol–water partition coefficient (Wildman–Crippen LogP) is 2.90. The zero-order valence-electron chi connectivity index (χ0n) is 12.8. The number of nitrogens with one attached hydrogen (secondary N) is 1. The summed E-state index contributed by atoms with van der Waals surface area (Å²) in [5.74, 6) is 1.64.